The van der Waals surface area contributed by atoms with E-state index in [1.165, 1.54) is 12.8 Å². The monoisotopic (exact) mass is 310 g/mol. The van der Waals surface area contributed by atoms with E-state index in [0.717, 1.165) is 30.0 Å². The van der Waals surface area contributed by atoms with Gasteiger partial charge in [0.25, 0.3) is 0 Å². The van der Waals surface area contributed by atoms with E-state index in [0.29, 0.717) is 6.54 Å². The molecule has 120 valence electrons. The summed E-state index contributed by atoms with van der Waals surface area (Å²) in [4.78, 5) is 18.9. The summed E-state index contributed by atoms with van der Waals surface area (Å²) >= 11 is 0. The van der Waals surface area contributed by atoms with E-state index >= 15 is 0 Å². The van der Waals surface area contributed by atoms with Crippen molar-refractivity contribution in [1.82, 2.24) is 10.3 Å². The Labute approximate surface area is 136 Å². The highest BCUT2D eigenvalue weighted by Gasteiger charge is 2.15. The van der Waals surface area contributed by atoms with Crippen LogP contribution in [0.15, 0.2) is 48.7 Å². The zero-order valence-electron chi connectivity index (χ0n) is 13.1. The number of amides is 1. The van der Waals surface area contributed by atoms with Crippen LogP contribution in [0, 0.1) is 0 Å². The van der Waals surface area contributed by atoms with Crippen molar-refractivity contribution in [2.75, 3.05) is 18.0 Å². The van der Waals surface area contributed by atoms with Crippen LogP contribution in [-0.4, -0.2) is 24.0 Å². The molecule has 1 atom stereocenters. The minimum Gasteiger partial charge on any atom is -0.357 e. The van der Waals surface area contributed by atoms with Crippen molar-refractivity contribution in [1.29, 1.82) is 0 Å². The Hall–Kier alpha value is -2.40. The standard InChI is InChI=1S/C18H22N4O/c19-17(15-6-2-1-3-7-15)18(23)21-13-14-8-9-16(20-12-14)22-10-4-5-11-22/h1-3,6-9,12,17H,4-5,10-11,13,19H2,(H,21,23). The molecule has 0 radical (unpaired) electrons. The van der Waals surface area contributed by atoms with Crippen LogP contribution in [0.5, 0.6) is 0 Å². The molecule has 2 aromatic rings. The summed E-state index contributed by atoms with van der Waals surface area (Å²) in [6.07, 6.45) is 4.29. The second kappa shape index (κ2) is 7.24. The van der Waals surface area contributed by atoms with Crippen LogP contribution in [0.2, 0.25) is 0 Å². The van der Waals surface area contributed by atoms with E-state index in [1.54, 1.807) is 0 Å². The van der Waals surface area contributed by atoms with E-state index in [4.69, 9.17) is 5.73 Å². The summed E-state index contributed by atoms with van der Waals surface area (Å²) in [5.74, 6) is 0.832. The van der Waals surface area contributed by atoms with Crippen LogP contribution < -0.4 is 16.0 Å². The molecule has 1 aromatic heterocycles. The SMILES string of the molecule is NC(C(=O)NCc1ccc(N2CCCC2)nc1)c1ccccc1. The van der Waals surface area contributed by atoms with Crippen molar-refractivity contribution >= 4 is 11.7 Å². The van der Waals surface area contributed by atoms with E-state index in [2.05, 4.69) is 15.2 Å². The van der Waals surface area contributed by atoms with Crippen molar-refractivity contribution in [2.45, 2.75) is 25.4 Å². The Bertz CT molecular complexity index is 636. The number of hydrogen-bond donors (Lipinski definition) is 2. The number of hydrogen-bond acceptors (Lipinski definition) is 4. The van der Waals surface area contributed by atoms with Crippen molar-refractivity contribution in [2.24, 2.45) is 5.73 Å². The third-order valence-corrected chi connectivity index (χ3v) is 4.15. The fraction of sp³-hybridized carbons (Fsp3) is 0.333. The summed E-state index contributed by atoms with van der Waals surface area (Å²) in [6.45, 7) is 2.59. The quantitative estimate of drug-likeness (QED) is 0.886. The molecule has 3 rings (SSSR count). The number of carbonyl (C=O) groups is 1. The van der Waals surface area contributed by atoms with Gasteiger partial charge in [0.15, 0.2) is 0 Å². The highest BCUT2D eigenvalue weighted by molar-refractivity contribution is 5.82. The molecule has 0 spiro atoms. The lowest BCUT2D eigenvalue weighted by Gasteiger charge is -2.16. The smallest absolute Gasteiger partial charge is 0.241 e. The Morgan fingerprint density at radius 3 is 2.57 bits per heavy atom. The Morgan fingerprint density at radius 2 is 1.91 bits per heavy atom. The molecule has 5 nitrogen and oxygen atoms in total. The average molecular weight is 310 g/mol. The lowest BCUT2D eigenvalue weighted by Crippen LogP contribution is -2.33. The van der Waals surface area contributed by atoms with Crippen molar-refractivity contribution < 1.29 is 4.79 Å². The molecule has 2 heterocycles. The molecule has 0 saturated carbocycles. The fourth-order valence-corrected chi connectivity index (χ4v) is 2.77. The first kappa shape index (κ1) is 15.5. The average Bonchev–Trinajstić information content (AvgIpc) is 3.15. The largest absolute Gasteiger partial charge is 0.357 e. The number of carbonyl (C=O) groups excluding carboxylic acids is 1. The van der Waals surface area contributed by atoms with Gasteiger partial charge in [0.1, 0.15) is 11.9 Å². The molecule has 1 unspecified atom stereocenters. The summed E-state index contributed by atoms with van der Waals surface area (Å²) in [5, 5.41) is 2.87. The Morgan fingerprint density at radius 1 is 1.17 bits per heavy atom. The minimum atomic E-state index is -0.645. The molecule has 1 fully saturated rings. The highest BCUT2D eigenvalue weighted by Crippen LogP contribution is 2.17. The van der Waals surface area contributed by atoms with Crippen molar-refractivity contribution in [3.8, 4) is 0 Å². The second-order valence-corrected chi connectivity index (χ2v) is 5.82. The molecule has 3 N–H and O–H groups in total. The molecule has 0 aliphatic carbocycles. The van der Waals surface area contributed by atoms with E-state index in [1.807, 2.05) is 48.7 Å². The van der Waals surface area contributed by atoms with Gasteiger partial charge >= 0.3 is 0 Å². The second-order valence-electron chi connectivity index (χ2n) is 5.82. The maximum atomic E-state index is 12.1. The lowest BCUT2D eigenvalue weighted by atomic mass is 10.1. The number of nitrogens with two attached hydrogens (primary N) is 1. The first-order chi connectivity index (χ1) is 11.2. The Kier molecular flexibility index (Phi) is 4.88. The molecule has 1 aromatic carbocycles. The number of nitrogens with zero attached hydrogens (tertiary/aromatic N) is 2. The Balaban J connectivity index is 1.54. The molecule has 1 aliphatic rings. The molecule has 1 aliphatic heterocycles. The summed E-state index contributed by atoms with van der Waals surface area (Å²) in [7, 11) is 0. The normalized spacial score (nSPS) is 15.4. The van der Waals surface area contributed by atoms with Gasteiger partial charge in [-0.1, -0.05) is 36.4 Å². The van der Waals surface area contributed by atoms with Crippen LogP contribution >= 0.6 is 0 Å². The van der Waals surface area contributed by atoms with Gasteiger partial charge < -0.3 is 16.0 Å². The number of rotatable bonds is 5. The predicted molar refractivity (Wildman–Crippen MR) is 90.9 cm³/mol. The first-order valence-electron chi connectivity index (χ1n) is 8.02. The summed E-state index contributed by atoms with van der Waals surface area (Å²) < 4.78 is 0. The van der Waals surface area contributed by atoms with Gasteiger partial charge in [-0.3, -0.25) is 4.79 Å². The fourth-order valence-electron chi connectivity index (χ4n) is 2.77. The topological polar surface area (TPSA) is 71.2 Å². The van der Waals surface area contributed by atoms with E-state index < -0.39 is 6.04 Å². The van der Waals surface area contributed by atoms with Gasteiger partial charge in [0.2, 0.25) is 5.91 Å². The molecule has 1 saturated heterocycles. The summed E-state index contributed by atoms with van der Waals surface area (Å²) in [6, 6.07) is 12.8. The van der Waals surface area contributed by atoms with Gasteiger partial charge in [0, 0.05) is 25.8 Å². The van der Waals surface area contributed by atoms with Crippen molar-refractivity contribution in [3.05, 3.63) is 59.8 Å². The van der Waals surface area contributed by atoms with Crippen LogP contribution in [0.4, 0.5) is 5.82 Å². The molecule has 0 bridgehead atoms. The maximum absolute atomic E-state index is 12.1. The van der Waals surface area contributed by atoms with E-state index in [9.17, 15) is 4.79 Å². The van der Waals surface area contributed by atoms with Crippen LogP contribution in [-0.2, 0) is 11.3 Å². The highest BCUT2D eigenvalue weighted by atomic mass is 16.2. The number of nitrogens with one attached hydrogen (secondary N) is 1. The predicted octanol–water partition coefficient (Wildman–Crippen LogP) is 2.00. The molecular weight excluding hydrogens is 288 g/mol. The first-order valence-corrected chi connectivity index (χ1v) is 8.02. The minimum absolute atomic E-state index is 0.181. The third-order valence-electron chi connectivity index (χ3n) is 4.15. The van der Waals surface area contributed by atoms with Crippen molar-refractivity contribution in [3.63, 3.8) is 0 Å². The van der Waals surface area contributed by atoms with Gasteiger partial charge in [-0.2, -0.15) is 0 Å². The number of pyridine rings is 1. The number of benzene rings is 1. The van der Waals surface area contributed by atoms with Gasteiger partial charge in [-0.05, 0) is 30.0 Å². The molecule has 1 amide bonds. The van der Waals surface area contributed by atoms with Gasteiger partial charge in [-0.15, -0.1) is 0 Å². The number of anilines is 1. The van der Waals surface area contributed by atoms with Crippen LogP contribution in [0.25, 0.3) is 0 Å². The molecule has 23 heavy (non-hydrogen) atoms. The van der Waals surface area contributed by atoms with Crippen LogP contribution in [0.1, 0.15) is 30.0 Å². The zero-order valence-corrected chi connectivity index (χ0v) is 13.1. The third kappa shape index (κ3) is 3.87. The van der Waals surface area contributed by atoms with Gasteiger partial charge in [0.05, 0.1) is 0 Å². The molecule has 5 heteroatoms. The van der Waals surface area contributed by atoms with Gasteiger partial charge in [-0.25, -0.2) is 4.98 Å². The number of aromatic nitrogens is 1. The lowest BCUT2D eigenvalue weighted by molar-refractivity contribution is -0.122. The summed E-state index contributed by atoms with van der Waals surface area (Å²) in [5.41, 5.74) is 7.76. The maximum Gasteiger partial charge on any atom is 0.241 e. The zero-order chi connectivity index (χ0) is 16.1. The molecular formula is C18H22N4O. The van der Waals surface area contributed by atoms with Crippen LogP contribution in [0.3, 0.4) is 0 Å². The van der Waals surface area contributed by atoms with E-state index in [-0.39, 0.29) is 5.91 Å².